The highest BCUT2D eigenvalue weighted by Gasteiger charge is 2.23. The lowest BCUT2D eigenvalue weighted by atomic mass is 10.0. The number of carbonyl (C=O) groups excluding carboxylic acids is 1. The molecule has 3 aromatic rings. The predicted molar refractivity (Wildman–Crippen MR) is 122 cm³/mol. The van der Waals surface area contributed by atoms with E-state index in [-0.39, 0.29) is 17.2 Å². The van der Waals surface area contributed by atoms with Crippen LogP contribution in [0.25, 0.3) is 0 Å². The van der Waals surface area contributed by atoms with Crippen LogP contribution in [0.15, 0.2) is 83.8 Å². The van der Waals surface area contributed by atoms with Crippen molar-refractivity contribution in [3.05, 3.63) is 90.0 Å². The zero-order valence-corrected chi connectivity index (χ0v) is 18.4. The molecule has 31 heavy (non-hydrogen) atoms. The predicted octanol–water partition coefficient (Wildman–Crippen LogP) is 4.44. The summed E-state index contributed by atoms with van der Waals surface area (Å²) in [5.41, 5.74) is 2.29. The van der Waals surface area contributed by atoms with Crippen LogP contribution in [0.3, 0.4) is 0 Å². The molecule has 0 unspecified atom stereocenters. The molecule has 0 radical (unpaired) electrons. The Labute approximate surface area is 183 Å². The minimum Gasteiger partial charge on any atom is -0.494 e. The van der Waals surface area contributed by atoms with Gasteiger partial charge in [-0.05, 0) is 55.8 Å². The summed E-state index contributed by atoms with van der Waals surface area (Å²) in [5, 5.41) is 2.82. The van der Waals surface area contributed by atoms with Crippen LogP contribution in [0.1, 0.15) is 30.5 Å². The van der Waals surface area contributed by atoms with Gasteiger partial charge >= 0.3 is 0 Å². The molecule has 0 aliphatic heterocycles. The summed E-state index contributed by atoms with van der Waals surface area (Å²) in [7, 11) is -3.80. The normalized spacial score (nSPS) is 12.2. The maximum Gasteiger partial charge on any atom is 0.241 e. The summed E-state index contributed by atoms with van der Waals surface area (Å²) in [6, 6.07) is 22.0. The zero-order chi connectivity index (χ0) is 22.3. The number of amides is 1. The van der Waals surface area contributed by atoms with Gasteiger partial charge in [0.25, 0.3) is 0 Å². The van der Waals surface area contributed by atoms with E-state index in [9.17, 15) is 13.2 Å². The summed E-state index contributed by atoms with van der Waals surface area (Å²) < 4.78 is 33.9. The van der Waals surface area contributed by atoms with E-state index in [0.29, 0.717) is 23.6 Å². The van der Waals surface area contributed by atoms with E-state index in [1.54, 1.807) is 60.7 Å². The highest BCUT2D eigenvalue weighted by Crippen LogP contribution is 2.22. The molecule has 0 aromatic heterocycles. The van der Waals surface area contributed by atoms with E-state index in [1.807, 2.05) is 32.0 Å². The van der Waals surface area contributed by atoms with Gasteiger partial charge in [-0.25, -0.2) is 13.1 Å². The second kappa shape index (κ2) is 10.2. The van der Waals surface area contributed by atoms with Crippen LogP contribution in [0.5, 0.6) is 5.75 Å². The van der Waals surface area contributed by atoms with Crippen LogP contribution >= 0.6 is 0 Å². The summed E-state index contributed by atoms with van der Waals surface area (Å²) in [4.78, 5) is 12.9. The van der Waals surface area contributed by atoms with Crippen molar-refractivity contribution in [2.45, 2.75) is 31.2 Å². The molecule has 7 heteroatoms. The zero-order valence-electron chi connectivity index (χ0n) is 17.5. The van der Waals surface area contributed by atoms with Gasteiger partial charge in [-0.15, -0.1) is 0 Å². The first-order chi connectivity index (χ1) is 14.9. The van der Waals surface area contributed by atoms with Gasteiger partial charge in [-0.1, -0.05) is 48.0 Å². The first-order valence-corrected chi connectivity index (χ1v) is 11.5. The molecule has 0 spiro atoms. The van der Waals surface area contributed by atoms with Crippen LogP contribution in [0.4, 0.5) is 5.69 Å². The number of rotatable bonds is 9. The fourth-order valence-corrected chi connectivity index (χ4v) is 4.31. The molecule has 0 saturated carbocycles. The SMILES string of the molecule is CCOc1ccc(NC(=O)C[C@@H](NS(=O)(=O)c2ccc(C)cc2)c2ccccc2)cc1. The standard InChI is InChI=1S/C24H26N2O4S/c1-3-30-21-13-11-20(12-14-21)25-24(27)17-23(19-7-5-4-6-8-19)26-31(28,29)22-15-9-18(2)10-16-22/h4-16,23,26H,3,17H2,1-2H3,(H,25,27)/t23-/m1/s1. The quantitative estimate of drug-likeness (QED) is 0.517. The number of carbonyl (C=O) groups is 1. The summed E-state index contributed by atoms with van der Waals surface area (Å²) in [6.45, 7) is 4.35. The summed E-state index contributed by atoms with van der Waals surface area (Å²) >= 11 is 0. The molecule has 0 aliphatic rings. The third-order valence-corrected chi connectivity index (χ3v) is 6.16. The molecule has 0 bridgehead atoms. The van der Waals surface area contributed by atoms with Gasteiger partial charge in [0.2, 0.25) is 15.9 Å². The van der Waals surface area contributed by atoms with E-state index >= 15 is 0 Å². The Morgan fingerprint density at radius 3 is 2.19 bits per heavy atom. The lowest BCUT2D eigenvalue weighted by molar-refractivity contribution is -0.116. The van der Waals surface area contributed by atoms with Gasteiger partial charge in [0.15, 0.2) is 0 Å². The van der Waals surface area contributed by atoms with Gasteiger partial charge < -0.3 is 10.1 Å². The average Bonchev–Trinajstić information content (AvgIpc) is 2.75. The van der Waals surface area contributed by atoms with Crippen molar-refractivity contribution < 1.29 is 17.9 Å². The van der Waals surface area contributed by atoms with Crippen molar-refractivity contribution >= 4 is 21.6 Å². The van der Waals surface area contributed by atoms with E-state index in [0.717, 1.165) is 5.56 Å². The molecular weight excluding hydrogens is 412 g/mol. The number of nitrogens with one attached hydrogen (secondary N) is 2. The van der Waals surface area contributed by atoms with Gasteiger partial charge in [0.1, 0.15) is 5.75 Å². The van der Waals surface area contributed by atoms with Gasteiger partial charge in [-0.3, -0.25) is 4.79 Å². The molecule has 0 fully saturated rings. The number of ether oxygens (including phenoxy) is 1. The molecule has 1 atom stereocenters. The lowest BCUT2D eigenvalue weighted by Crippen LogP contribution is -2.31. The van der Waals surface area contributed by atoms with Crippen LogP contribution < -0.4 is 14.8 Å². The highest BCUT2D eigenvalue weighted by atomic mass is 32.2. The minimum atomic E-state index is -3.80. The molecule has 0 heterocycles. The second-order valence-corrected chi connectivity index (χ2v) is 8.82. The summed E-state index contributed by atoms with van der Waals surface area (Å²) in [5.74, 6) is 0.415. The molecule has 3 aromatic carbocycles. The molecule has 162 valence electrons. The molecular formula is C24H26N2O4S. The Hall–Kier alpha value is -3.16. The van der Waals surface area contributed by atoms with Crippen LogP contribution in [-0.2, 0) is 14.8 Å². The second-order valence-electron chi connectivity index (χ2n) is 7.11. The fourth-order valence-electron chi connectivity index (χ4n) is 3.08. The van der Waals surface area contributed by atoms with Gasteiger partial charge in [0.05, 0.1) is 17.5 Å². The first kappa shape index (κ1) is 22.5. The van der Waals surface area contributed by atoms with E-state index in [2.05, 4.69) is 10.0 Å². The van der Waals surface area contributed by atoms with E-state index in [1.165, 1.54) is 0 Å². The number of anilines is 1. The largest absolute Gasteiger partial charge is 0.494 e. The monoisotopic (exact) mass is 438 g/mol. The molecule has 6 nitrogen and oxygen atoms in total. The highest BCUT2D eigenvalue weighted by molar-refractivity contribution is 7.89. The van der Waals surface area contributed by atoms with Gasteiger partial charge in [-0.2, -0.15) is 0 Å². The number of benzene rings is 3. The van der Waals surface area contributed by atoms with Crippen molar-refractivity contribution in [2.24, 2.45) is 0 Å². The number of hydrogen-bond acceptors (Lipinski definition) is 4. The average molecular weight is 439 g/mol. The van der Waals surface area contributed by atoms with E-state index < -0.39 is 16.1 Å². The maximum absolute atomic E-state index is 12.9. The Morgan fingerprint density at radius 1 is 0.935 bits per heavy atom. The molecule has 1 amide bonds. The van der Waals surface area contributed by atoms with Crippen LogP contribution in [0.2, 0.25) is 0 Å². The Bertz CT molecular complexity index is 1100. The first-order valence-electron chi connectivity index (χ1n) is 10.0. The maximum atomic E-state index is 12.9. The Kier molecular flexibility index (Phi) is 7.44. The van der Waals surface area contributed by atoms with Crippen molar-refractivity contribution in [1.82, 2.24) is 4.72 Å². The fraction of sp³-hybridized carbons (Fsp3) is 0.208. The number of sulfonamides is 1. The number of aryl methyl sites for hydroxylation is 1. The third-order valence-electron chi connectivity index (χ3n) is 4.67. The Balaban J connectivity index is 1.76. The number of hydrogen-bond donors (Lipinski definition) is 2. The van der Waals surface area contributed by atoms with Crippen molar-refractivity contribution in [3.63, 3.8) is 0 Å². The van der Waals surface area contributed by atoms with Crippen molar-refractivity contribution in [1.29, 1.82) is 0 Å². The molecule has 2 N–H and O–H groups in total. The molecule has 0 saturated heterocycles. The smallest absolute Gasteiger partial charge is 0.241 e. The molecule has 3 rings (SSSR count). The molecule has 0 aliphatic carbocycles. The van der Waals surface area contributed by atoms with Crippen molar-refractivity contribution in [3.8, 4) is 5.75 Å². The van der Waals surface area contributed by atoms with Crippen LogP contribution in [-0.4, -0.2) is 20.9 Å². The topological polar surface area (TPSA) is 84.5 Å². The summed E-state index contributed by atoms with van der Waals surface area (Å²) in [6.07, 6.45) is -0.0533. The van der Waals surface area contributed by atoms with E-state index in [4.69, 9.17) is 4.74 Å². The Morgan fingerprint density at radius 2 is 1.58 bits per heavy atom. The van der Waals surface area contributed by atoms with Crippen LogP contribution in [0, 0.1) is 6.92 Å². The lowest BCUT2D eigenvalue weighted by Gasteiger charge is -2.19. The van der Waals surface area contributed by atoms with Gasteiger partial charge in [0, 0.05) is 12.1 Å². The third kappa shape index (κ3) is 6.41. The minimum absolute atomic E-state index is 0.0533. The van der Waals surface area contributed by atoms with Crippen molar-refractivity contribution in [2.75, 3.05) is 11.9 Å².